The average Bonchev–Trinajstić information content (AvgIpc) is 3.11. The number of halogens is 3. The summed E-state index contributed by atoms with van der Waals surface area (Å²) in [5, 5.41) is 5.00. The lowest BCUT2D eigenvalue weighted by Crippen LogP contribution is -2.41. The monoisotopic (exact) mass is 389 g/mol. The van der Waals surface area contributed by atoms with E-state index in [9.17, 15) is 13.2 Å². The summed E-state index contributed by atoms with van der Waals surface area (Å²) in [6, 6.07) is 9.26. The van der Waals surface area contributed by atoms with E-state index in [1.165, 1.54) is 16.8 Å². The van der Waals surface area contributed by atoms with Gasteiger partial charge in [0.1, 0.15) is 5.69 Å². The Balaban J connectivity index is 1.76. The molecular formula is C19H19BF3N3O2. The van der Waals surface area contributed by atoms with Gasteiger partial charge in [0.05, 0.1) is 22.9 Å². The summed E-state index contributed by atoms with van der Waals surface area (Å²) >= 11 is 0. The second kappa shape index (κ2) is 6.05. The third kappa shape index (κ3) is 3.08. The predicted molar refractivity (Wildman–Crippen MR) is 99.6 cm³/mol. The largest absolute Gasteiger partial charge is 0.494 e. The molecule has 0 radical (unpaired) electrons. The molecule has 9 heteroatoms. The van der Waals surface area contributed by atoms with Crippen molar-refractivity contribution < 1.29 is 22.5 Å². The van der Waals surface area contributed by atoms with E-state index in [1.54, 1.807) is 6.20 Å². The van der Waals surface area contributed by atoms with E-state index in [4.69, 9.17) is 9.31 Å². The first-order valence-electron chi connectivity index (χ1n) is 8.86. The maximum atomic E-state index is 13.0. The minimum atomic E-state index is -4.52. The summed E-state index contributed by atoms with van der Waals surface area (Å²) in [4.78, 5) is 3.72. The molecule has 0 aliphatic carbocycles. The van der Waals surface area contributed by atoms with Crippen LogP contribution in [-0.4, -0.2) is 33.1 Å². The fourth-order valence-electron chi connectivity index (χ4n) is 3.04. The second-order valence-corrected chi connectivity index (χ2v) is 7.84. The molecule has 3 aromatic rings. The molecule has 1 fully saturated rings. The van der Waals surface area contributed by atoms with Gasteiger partial charge in [0.15, 0.2) is 5.82 Å². The fourth-order valence-corrected chi connectivity index (χ4v) is 3.04. The number of fused-ring (bicyclic) bond motifs is 1. The molecule has 0 spiro atoms. The van der Waals surface area contributed by atoms with Gasteiger partial charge in [0.25, 0.3) is 0 Å². The molecule has 146 valence electrons. The maximum absolute atomic E-state index is 13.0. The molecule has 0 saturated carbocycles. The van der Waals surface area contributed by atoms with Crippen molar-refractivity contribution in [3.63, 3.8) is 0 Å². The van der Waals surface area contributed by atoms with Gasteiger partial charge in [-0.2, -0.15) is 18.3 Å². The Bertz CT molecular complexity index is 1030. The Morgan fingerprint density at radius 1 is 1.00 bits per heavy atom. The Kier molecular flexibility index (Phi) is 4.10. The molecular weight excluding hydrogens is 370 g/mol. The standard InChI is InChI=1S/C19H19BF3N3O2/c1-17(2)18(3,4)28-20(27-17)13-9-8-12-11-24-26(14(12)10-13)16-7-5-6-15(25-16)19(21,22)23/h5-11H,1-4H3. The van der Waals surface area contributed by atoms with Gasteiger partial charge in [-0.1, -0.05) is 18.2 Å². The summed E-state index contributed by atoms with van der Waals surface area (Å²) in [7, 11) is -0.577. The number of aromatic nitrogens is 3. The molecule has 0 N–H and O–H groups in total. The highest BCUT2D eigenvalue weighted by Crippen LogP contribution is 2.36. The van der Waals surface area contributed by atoms with Gasteiger partial charge in [0, 0.05) is 5.39 Å². The fraction of sp³-hybridized carbons (Fsp3) is 0.368. The first-order chi connectivity index (χ1) is 13.0. The van der Waals surface area contributed by atoms with Crippen LogP contribution in [0.4, 0.5) is 13.2 Å². The highest BCUT2D eigenvalue weighted by Gasteiger charge is 2.51. The first kappa shape index (κ1) is 19.0. The highest BCUT2D eigenvalue weighted by molar-refractivity contribution is 6.62. The molecule has 1 saturated heterocycles. The summed E-state index contributed by atoms with van der Waals surface area (Å²) in [5.74, 6) is 0.0934. The molecule has 1 aliphatic rings. The number of benzene rings is 1. The van der Waals surface area contributed by atoms with Crippen LogP contribution in [0.5, 0.6) is 0 Å². The molecule has 4 rings (SSSR count). The van der Waals surface area contributed by atoms with Crippen LogP contribution >= 0.6 is 0 Å². The highest BCUT2D eigenvalue weighted by atomic mass is 19.4. The average molecular weight is 389 g/mol. The minimum Gasteiger partial charge on any atom is -0.399 e. The molecule has 0 amide bonds. The molecule has 0 bridgehead atoms. The van der Waals surface area contributed by atoms with Crippen LogP contribution in [-0.2, 0) is 15.5 Å². The van der Waals surface area contributed by atoms with Crippen LogP contribution < -0.4 is 5.46 Å². The third-order valence-electron chi connectivity index (χ3n) is 5.36. The van der Waals surface area contributed by atoms with Crippen LogP contribution in [0.1, 0.15) is 33.4 Å². The van der Waals surface area contributed by atoms with Crippen molar-refractivity contribution in [2.45, 2.75) is 45.1 Å². The van der Waals surface area contributed by atoms with Crippen molar-refractivity contribution in [3.8, 4) is 5.82 Å². The van der Waals surface area contributed by atoms with E-state index in [0.717, 1.165) is 16.9 Å². The van der Waals surface area contributed by atoms with Crippen molar-refractivity contribution >= 4 is 23.5 Å². The Labute approximate surface area is 160 Å². The van der Waals surface area contributed by atoms with Crippen LogP contribution in [0.3, 0.4) is 0 Å². The zero-order valence-corrected chi connectivity index (χ0v) is 15.9. The van der Waals surface area contributed by atoms with Crippen molar-refractivity contribution in [2.75, 3.05) is 0 Å². The zero-order chi connectivity index (χ0) is 20.3. The van der Waals surface area contributed by atoms with Gasteiger partial charge in [-0.3, -0.25) is 0 Å². The molecule has 1 aromatic carbocycles. The third-order valence-corrected chi connectivity index (χ3v) is 5.36. The SMILES string of the molecule is CC1(C)OB(c2ccc3cnn(-c4cccc(C(F)(F)F)n4)c3c2)OC1(C)C. The topological polar surface area (TPSA) is 49.2 Å². The van der Waals surface area contributed by atoms with Gasteiger partial charge in [-0.25, -0.2) is 9.67 Å². The van der Waals surface area contributed by atoms with E-state index < -0.39 is 30.2 Å². The normalized spacial score (nSPS) is 18.8. The van der Waals surface area contributed by atoms with Crippen molar-refractivity contribution in [1.82, 2.24) is 14.8 Å². The molecule has 2 aromatic heterocycles. The lowest BCUT2D eigenvalue weighted by Gasteiger charge is -2.32. The van der Waals surface area contributed by atoms with Gasteiger partial charge < -0.3 is 9.31 Å². The summed E-state index contributed by atoms with van der Waals surface area (Å²) in [6.45, 7) is 7.84. The van der Waals surface area contributed by atoms with Crippen LogP contribution in [0, 0.1) is 0 Å². The molecule has 0 atom stereocenters. The summed E-state index contributed by atoms with van der Waals surface area (Å²) in [6.07, 6.45) is -2.93. The molecule has 28 heavy (non-hydrogen) atoms. The lowest BCUT2D eigenvalue weighted by molar-refractivity contribution is -0.141. The molecule has 0 unspecified atom stereocenters. The van der Waals surface area contributed by atoms with Gasteiger partial charge in [-0.15, -0.1) is 0 Å². The lowest BCUT2D eigenvalue weighted by atomic mass is 9.79. The van der Waals surface area contributed by atoms with Gasteiger partial charge >= 0.3 is 13.3 Å². The predicted octanol–water partition coefficient (Wildman–Crippen LogP) is 3.74. The van der Waals surface area contributed by atoms with E-state index >= 15 is 0 Å². The van der Waals surface area contributed by atoms with Crippen LogP contribution in [0.2, 0.25) is 0 Å². The van der Waals surface area contributed by atoms with E-state index in [0.29, 0.717) is 5.52 Å². The minimum absolute atomic E-state index is 0.0934. The number of pyridine rings is 1. The molecule has 3 heterocycles. The van der Waals surface area contributed by atoms with Crippen LogP contribution in [0.15, 0.2) is 42.6 Å². The van der Waals surface area contributed by atoms with E-state index in [1.807, 2.05) is 45.9 Å². The zero-order valence-electron chi connectivity index (χ0n) is 15.9. The number of hydrogen-bond donors (Lipinski definition) is 0. The summed E-state index contributed by atoms with van der Waals surface area (Å²) in [5.41, 5.74) is -0.556. The summed E-state index contributed by atoms with van der Waals surface area (Å²) < 4.78 is 52.6. The number of hydrogen-bond acceptors (Lipinski definition) is 4. The van der Waals surface area contributed by atoms with Crippen molar-refractivity contribution in [1.29, 1.82) is 0 Å². The Morgan fingerprint density at radius 3 is 2.32 bits per heavy atom. The second-order valence-electron chi connectivity index (χ2n) is 7.84. The molecule has 1 aliphatic heterocycles. The first-order valence-corrected chi connectivity index (χ1v) is 8.86. The van der Waals surface area contributed by atoms with Crippen molar-refractivity contribution in [3.05, 3.63) is 48.3 Å². The molecule has 5 nitrogen and oxygen atoms in total. The smallest absolute Gasteiger partial charge is 0.399 e. The van der Waals surface area contributed by atoms with E-state index in [2.05, 4.69) is 10.1 Å². The van der Waals surface area contributed by atoms with E-state index in [-0.39, 0.29) is 5.82 Å². The Morgan fingerprint density at radius 2 is 1.68 bits per heavy atom. The van der Waals surface area contributed by atoms with Gasteiger partial charge in [0.2, 0.25) is 0 Å². The number of alkyl halides is 3. The number of nitrogens with zero attached hydrogens (tertiary/aromatic N) is 3. The van der Waals surface area contributed by atoms with Crippen molar-refractivity contribution in [2.24, 2.45) is 0 Å². The van der Waals surface area contributed by atoms with Crippen LogP contribution in [0.25, 0.3) is 16.7 Å². The maximum Gasteiger partial charge on any atom is 0.494 e. The number of rotatable bonds is 2. The van der Waals surface area contributed by atoms with Gasteiger partial charge in [-0.05, 0) is 51.4 Å². The Hall–Kier alpha value is -2.39. The quantitative estimate of drug-likeness (QED) is 0.627.